The summed E-state index contributed by atoms with van der Waals surface area (Å²) in [6.07, 6.45) is 0.799. The largest absolute Gasteiger partial charge is 0.495 e. The molecule has 0 N–H and O–H groups in total. The predicted molar refractivity (Wildman–Crippen MR) is 101 cm³/mol. The maximum Gasteiger partial charge on any atom is 0.246 e. The molecule has 1 atom stereocenters. The zero-order valence-corrected chi connectivity index (χ0v) is 16.3. The van der Waals surface area contributed by atoms with Gasteiger partial charge in [-0.05, 0) is 36.1 Å². The summed E-state index contributed by atoms with van der Waals surface area (Å²) >= 11 is 9.54. The van der Waals surface area contributed by atoms with E-state index in [0.717, 1.165) is 12.2 Å². The van der Waals surface area contributed by atoms with Gasteiger partial charge in [-0.2, -0.15) is 16.1 Å². The highest BCUT2D eigenvalue weighted by molar-refractivity contribution is 7.99. The van der Waals surface area contributed by atoms with E-state index in [2.05, 4.69) is 11.4 Å². The number of sulfonamides is 1. The number of methoxy groups -OCH3 is 1. The maximum absolute atomic E-state index is 13.0. The Hall–Kier alpha value is -0.730. The monoisotopic (exact) mass is 403 g/mol. The van der Waals surface area contributed by atoms with Gasteiger partial charge in [0.1, 0.15) is 10.6 Å². The second kappa shape index (κ2) is 7.66. The van der Waals surface area contributed by atoms with Crippen molar-refractivity contribution in [2.45, 2.75) is 16.6 Å². The molecule has 0 amide bonds. The van der Waals surface area contributed by atoms with Crippen LogP contribution in [0.2, 0.25) is 5.02 Å². The van der Waals surface area contributed by atoms with Crippen LogP contribution in [-0.2, 0) is 10.0 Å². The van der Waals surface area contributed by atoms with Crippen molar-refractivity contribution in [3.63, 3.8) is 0 Å². The minimum atomic E-state index is -3.63. The van der Waals surface area contributed by atoms with Gasteiger partial charge in [0.05, 0.1) is 7.11 Å². The van der Waals surface area contributed by atoms with Crippen LogP contribution in [0.5, 0.6) is 5.75 Å². The van der Waals surface area contributed by atoms with Gasteiger partial charge in [-0.1, -0.05) is 17.7 Å². The van der Waals surface area contributed by atoms with Crippen molar-refractivity contribution in [2.75, 3.05) is 26.0 Å². The quantitative estimate of drug-likeness (QED) is 0.764. The predicted octanol–water partition coefficient (Wildman–Crippen LogP) is 4.28. The van der Waals surface area contributed by atoms with Crippen molar-refractivity contribution >= 4 is 44.7 Å². The molecule has 0 bridgehead atoms. The SMILES string of the molecule is COc1ccc(Cl)cc1S(=O)(=O)N1CCSC(c2cccs2)CC1. The summed E-state index contributed by atoms with van der Waals surface area (Å²) in [7, 11) is -2.16. The minimum absolute atomic E-state index is 0.136. The number of halogens is 1. The minimum Gasteiger partial charge on any atom is -0.495 e. The van der Waals surface area contributed by atoms with E-state index in [1.54, 1.807) is 27.8 Å². The summed E-state index contributed by atoms with van der Waals surface area (Å²) < 4.78 is 32.9. The van der Waals surface area contributed by atoms with Gasteiger partial charge in [-0.25, -0.2) is 8.42 Å². The van der Waals surface area contributed by atoms with E-state index in [0.29, 0.717) is 29.1 Å². The van der Waals surface area contributed by atoms with Crippen LogP contribution in [0.3, 0.4) is 0 Å². The summed E-state index contributed by atoms with van der Waals surface area (Å²) in [5.41, 5.74) is 0. The fourth-order valence-corrected chi connectivity index (χ4v) is 6.91. The Balaban J connectivity index is 1.84. The average Bonchev–Trinajstić information content (AvgIpc) is 2.98. The summed E-state index contributed by atoms with van der Waals surface area (Å²) in [5.74, 6) is 1.09. The van der Waals surface area contributed by atoms with Crippen LogP contribution in [0.15, 0.2) is 40.6 Å². The van der Waals surface area contributed by atoms with Crippen LogP contribution >= 0.6 is 34.7 Å². The first kappa shape index (κ1) is 18.1. The highest BCUT2D eigenvalue weighted by Crippen LogP contribution is 2.38. The lowest BCUT2D eigenvalue weighted by Crippen LogP contribution is -2.33. The molecule has 0 radical (unpaired) electrons. The number of hydrogen-bond acceptors (Lipinski definition) is 5. The topological polar surface area (TPSA) is 46.6 Å². The molecule has 1 saturated heterocycles. The van der Waals surface area contributed by atoms with E-state index >= 15 is 0 Å². The molecule has 24 heavy (non-hydrogen) atoms. The Morgan fingerprint density at radius 3 is 2.83 bits per heavy atom. The molecule has 1 aliphatic rings. The Kier molecular flexibility index (Phi) is 5.77. The second-order valence-electron chi connectivity index (χ2n) is 5.36. The van der Waals surface area contributed by atoms with Crippen LogP contribution in [0, 0.1) is 0 Å². The zero-order chi connectivity index (χ0) is 17.2. The van der Waals surface area contributed by atoms with Crippen molar-refractivity contribution < 1.29 is 13.2 Å². The summed E-state index contributed by atoms with van der Waals surface area (Å²) in [6, 6.07) is 8.84. The fourth-order valence-electron chi connectivity index (χ4n) is 2.68. The third-order valence-electron chi connectivity index (χ3n) is 3.90. The molecule has 0 spiro atoms. The zero-order valence-electron chi connectivity index (χ0n) is 13.1. The van der Waals surface area contributed by atoms with Crippen LogP contribution in [0.1, 0.15) is 16.5 Å². The van der Waals surface area contributed by atoms with Crippen LogP contribution in [0.4, 0.5) is 0 Å². The van der Waals surface area contributed by atoms with Gasteiger partial charge in [0.25, 0.3) is 0 Å². The molecule has 1 aromatic heterocycles. The standard InChI is InChI=1S/C16H18ClNO3S3/c1-21-13-5-4-12(17)11-16(13)24(19,20)18-7-6-15(23-10-8-18)14-3-2-9-22-14/h2-5,9,11,15H,6-8,10H2,1H3. The smallest absolute Gasteiger partial charge is 0.246 e. The molecule has 2 aromatic rings. The molecule has 1 aliphatic heterocycles. The first-order valence-corrected chi connectivity index (χ1v) is 11.3. The van der Waals surface area contributed by atoms with E-state index in [9.17, 15) is 8.42 Å². The lowest BCUT2D eigenvalue weighted by molar-refractivity contribution is 0.393. The number of thioether (sulfide) groups is 1. The van der Waals surface area contributed by atoms with E-state index in [1.165, 1.54) is 18.1 Å². The summed E-state index contributed by atoms with van der Waals surface area (Å²) in [5, 5.41) is 2.80. The Labute approximate surface area is 155 Å². The number of benzene rings is 1. The van der Waals surface area contributed by atoms with Crippen molar-refractivity contribution in [1.29, 1.82) is 0 Å². The van der Waals surface area contributed by atoms with Gasteiger partial charge in [0, 0.05) is 34.0 Å². The highest BCUT2D eigenvalue weighted by atomic mass is 35.5. The number of rotatable bonds is 4. The van der Waals surface area contributed by atoms with Gasteiger partial charge in [-0.3, -0.25) is 0 Å². The Bertz CT molecular complexity index is 793. The van der Waals surface area contributed by atoms with Gasteiger partial charge in [0.15, 0.2) is 0 Å². The van der Waals surface area contributed by atoms with E-state index in [4.69, 9.17) is 16.3 Å². The molecule has 1 fully saturated rings. The van der Waals surface area contributed by atoms with Crippen molar-refractivity contribution in [3.05, 3.63) is 45.6 Å². The lowest BCUT2D eigenvalue weighted by atomic mass is 10.2. The number of nitrogens with zero attached hydrogens (tertiary/aromatic N) is 1. The van der Waals surface area contributed by atoms with Gasteiger partial charge >= 0.3 is 0 Å². The van der Waals surface area contributed by atoms with Crippen LogP contribution in [0.25, 0.3) is 0 Å². The maximum atomic E-state index is 13.0. The van der Waals surface area contributed by atoms with E-state index in [-0.39, 0.29) is 4.90 Å². The highest BCUT2D eigenvalue weighted by Gasteiger charge is 2.31. The Morgan fingerprint density at radius 2 is 2.12 bits per heavy atom. The molecule has 0 saturated carbocycles. The third-order valence-corrected chi connectivity index (χ3v) is 8.50. The molecule has 3 rings (SSSR count). The van der Waals surface area contributed by atoms with Gasteiger partial charge < -0.3 is 4.74 Å². The van der Waals surface area contributed by atoms with Crippen LogP contribution < -0.4 is 4.74 Å². The van der Waals surface area contributed by atoms with E-state index < -0.39 is 10.0 Å². The Morgan fingerprint density at radius 1 is 1.29 bits per heavy atom. The van der Waals surface area contributed by atoms with E-state index in [1.807, 2.05) is 17.8 Å². The van der Waals surface area contributed by atoms with Crippen molar-refractivity contribution in [2.24, 2.45) is 0 Å². The fraction of sp³-hybridized carbons (Fsp3) is 0.375. The molecule has 1 unspecified atom stereocenters. The average molecular weight is 404 g/mol. The molecule has 4 nitrogen and oxygen atoms in total. The molecule has 130 valence electrons. The molecule has 1 aromatic carbocycles. The molecular formula is C16H18ClNO3S3. The first-order chi connectivity index (χ1) is 11.5. The lowest BCUT2D eigenvalue weighted by Gasteiger charge is -2.21. The number of hydrogen-bond donors (Lipinski definition) is 0. The van der Waals surface area contributed by atoms with Crippen molar-refractivity contribution in [3.8, 4) is 5.75 Å². The van der Waals surface area contributed by atoms with Crippen molar-refractivity contribution in [1.82, 2.24) is 4.31 Å². The summed E-state index contributed by atoms with van der Waals surface area (Å²) in [4.78, 5) is 1.44. The number of ether oxygens (including phenoxy) is 1. The first-order valence-electron chi connectivity index (χ1n) is 7.51. The summed E-state index contributed by atoms with van der Waals surface area (Å²) in [6.45, 7) is 0.984. The molecule has 8 heteroatoms. The van der Waals surface area contributed by atoms with Crippen LogP contribution in [-0.4, -0.2) is 38.7 Å². The van der Waals surface area contributed by atoms with Gasteiger partial charge in [-0.15, -0.1) is 11.3 Å². The molecule has 2 heterocycles. The van der Waals surface area contributed by atoms with Gasteiger partial charge in [0.2, 0.25) is 10.0 Å². The molecular weight excluding hydrogens is 386 g/mol. The molecule has 0 aliphatic carbocycles. The second-order valence-corrected chi connectivity index (χ2v) is 10.00. The number of thiophene rings is 1. The normalized spacial score (nSPS) is 19.8. The third kappa shape index (κ3) is 3.75.